The van der Waals surface area contributed by atoms with Crippen LogP contribution in [-0.4, -0.2) is 24.4 Å². The first-order chi connectivity index (χ1) is 9.10. The van der Waals surface area contributed by atoms with Gasteiger partial charge >= 0.3 is 0 Å². The molecule has 1 aromatic carbocycles. The monoisotopic (exact) mass is 261 g/mol. The minimum absolute atomic E-state index is 0.0582. The number of hydrogen-bond donors (Lipinski definition) is 2. The lowest BCUT2D eigenvalue weighted by atomic mass is 10.1. The molecular weight excluding hydrogens is 246 g/mol. The van der Waals surface area contributed by atoms with E-state index in [4.69, 9.17) is 0 Å². The molecule has 1 amide bonds. The number of nitro groups is 1. The third kappa shape index (κ3) is 4.00. The fourth-order valence-electron chi connectivity index (χ4n) is 1.51. The molecule has 0 radical (unpaired) electrons. The molecule has 1 rings (SSSR count). The molecule has 0 aromatic heterocycles. The van der Waals surface area contributed by atoms with E-state index in [0.717, 1.165) is 0 Å². The Kier molecular flexibility index (Phi) is 5.35. The molecule has 19 heavy (non-hydrogen) atoms. The Hall–Kier alpha value is -2.55. The van der Waals surface area contributed by atoms with Crippen LogP contribution in [0.1, 0.15) is 23.7 Å². The van der Waals surface area contributed by atoms with Crippen molar-refractivity contribution >= 4 is 17.3 Å². The number of rotatable bonds is 5. The highest BCUT2D eigenvalue weighted by Gasteiger charge is 2.15. The van der Waals surface area contributed by atoms with Gasteiger partial charge in [-0.3, -0.25) is 14.9 Å². The fourth-order valence-corrected chi connectivity index (χ4v) is 1.51. The molecular formula is C13H15N3O3. The number of nitrogens with one attached hydrogen (secondary N) is 2. The van der Waals surface area contributed by atoms with Crippen LogP contribution in [0.25, 0.3) is 0 Å². The molecule has 0 unspecified atom stereocenters. The van der Waals surface area contributed by atoms with E-state index < -0.39 is 4.92 Å². The molecule has 0 aliphatic carbocycles. The van der Waals surface area contributed by atoms with Crippen LogP contribution >= 0.6 is 0 Å². The van der Waals surface area contributed by atoms with Crippen molar-refractivity contribution in [3.63, 3.8) is 0 Å². The predicted octanol–water partition coefficient (Wildman–Crippen LogP) is 1.78. The zero-order valence-corrected chi connectivity index (χ0v) is 10.8. The van der Waals surface area contributed by atoms with Gasteiger partial charge in [0.25, 0.3) is 11.6 Å². The number of carbonyl (C=O) groups is 1. The molecule has 0 fully saturated rings. The first-order valence-electron chi connectivity index (χ1n) is 5.74. The summed E-state index contributed by atoms with van der Waals surface area (Å²) in [5.74, 6) is 5.31. The third-order valence-electron chi connectivity index (χ3n) is 2.42. The van der Waals surface area contributed by atoms with Crippen LogP contribution in [0, 0.1) is 22.0 Å². The number of nitro benzene ring substituents is 1. The van der Waals surface area contributed by atoms with Crippen molar-refractivity contribution in [1.82, 2.24) is 5.32 Å². The van der Waals surface area contributed by atoms with Crippen LogP contribution in [0.15, 0.2) is 18.2 Å². The van der Waals surface area contributed by atoms with Gasteiger partial charge in [0.1, 0.15) is 5.69 Å². The van der Waals surface area contributed by atoms with Gasteiger partial charge in [-0.2, -0.15) is 0 Å². The number of anilines is 1. The third-order valence-corrected chi connectivity index (χ3v) is 2.42. The molecule has 100 valence electrons. The van der Waals surface area contributed by atoms with Crippen LogP contribution in [-0.2, 0) is 0 Å². The van der Waals surface area contributed by atoms with Gasteiger partial charge < -0.3 is 10.6 Å². The Bertz CT molecular complexity index is 544. The van der Waals surface area contributed by atoms with Crippen molar-refractivity contribution in [2.45, 2.75) is 13.3 Å². The Labute approximate surface area is 111 Å². The van der Waals surface area contributed by atoms with Gasteiger partial charge in [0.2, 0.25) is 0 Å². The summed E-state index contributed by atoms with van der Waals surface area (Å²) < 4.78 is 0. The van der Waals surface area contributed by atoms with Gasteiger partial charge in [-0.05, 0) is 19.1 Å². The second-order valence-corrected chi connectivity index (χ2v) is 3.67. The second kappa shape index (κ2) is 7.01. The number of hydrogen-bond acceptors (Lipinski definition) is 4. The Morgan fingerprint density at radius 2 is 2.21 bits per heavy atom. The van der Waals surface area contributed by atoms with E-state index in [0.29, 0.717) is 24.2 Å². The summed E-state index contributed by atoms with van der Waals surface area (Å²) in [6.45, 7) is 2.22. The van der Waals surface area contributed by atoms with E-state index in [1.54, 1.807) is 6.92 Å². The maximum absolute atomic E-state index is 11.5. The number of carbonyl (C=O) groups excluding carboxylic acids is 1. The van der Waals surface area contributed by atoms with Crippen molar-refractivity contribution < 1.29 is 9.72 Å². The van der Waals surface area contributed by atoms with Crippen LogP contribution in [0.4, 0.5) is 11.4 Å². The summed E-state index contributed by atoms with van der Waals surface area (Å²) in [7, 11) is 1.51. The van der Waals surface area contributed by atoms with Crippen molar-refractivity contribution in [3.05, 3.63) is 33.9 Å². The van der Waals surface area contributed by atoms with E-state index in [-0.39, 0.29) is 11.6 Å². The van der Waals surface area contributed by atoms with E-state index in [9.17, 15) is 14.9 Å². The number of benzene rings is 1. The summed E-state index contributed by atoms with van der Waals surface area (Å²) >= 11 is 0. The van der Waals surface area contributed by atoms with Gasteiger partial charge in [0.15, 0.2) is 0 Å². The molecule has 0 spiro atoms. The number of amides is 1. The lowest BCUT2D eigenvalue weighted by Crippen LogP contribution is -2.18. The van der Waals surface area contributed by atoms with Crippen LogP contribution in [0.3, 0.4) is 0 Å². The standard InChI is InChI=1S/C13H15N3O3/c1-3-4-5-8-15-11-9-10(13(17)14-2)6-7-12(11)16(18)19/h6-7,9,15H,5,8H2,1-2H3,(H,14,17). The molecule has 6 heteroatoms. The zero-order chi connectivity index (χ0) is 14.3. The normalized spacial score (nSPS) is 9.16. The molecule has 1 aromatic rings. The van der Waals surface area contributed by atoms with E-state index in [2.05, 4.69) is 22.5 Å². The molecule has 0 saturated carbocycles. The quantitative estimate of drug-likeness (QED) is 0.366. The van der Waals surface area contributed by atoms with Crippen molar-refractivity contribution in [2.24, 2.45) is 0 Å². The predicted molar refractivity (Wildman–Crippen MR) is 73.0 cm³/mol. The molecule has 6 nitrogen and oxygen atoms in total. The summed E-state index contributed by atoms with van der Waals surface area (Å²) in [6.07, 6.45) is 0.581. The Morgan fingerprint density at radius 1 is 1.47 bits per heavy atom. The first kappa shape index (κ1) is 14.5. The highest BCUT2D eigenvalue weighted by molar-refractivity contribution is 5.95. The molecule has 0 bridgehead atoms. The van der Waals surface area contributed by atoms with Crippen molar-refractivity contribution in [3.8, 4) is 11.8 Å². The second-order valence-electron chi connectivity index (χ2n) is 3.67. The minimum atomic E-state index is -0.485. The van der Waals surface area contributed by atoms with Crippen molar-refractivity contribution in [2.75, 3.05) is 18.9 Å². The fraction of sp³-hybridized carbons (Fsp3) is 0.308. The van der Waals surface area contributed by atoms with Gasteiger partial charge in [0, 0.05) is 31.6 Å². The van der Waals surface area contributed by atoms with E-state index in [1.807, 2.05) is 0 Å². The van der Waals surface area contributed by atoms with Gasteiger partial charge in [-0.1, -0.05) is 0 Å². The lowest BCUT2D eigenvalue weighted by molar-refractivity contribution is -0.384. The average molecular weight is 261 g/mol. The summed E-state index contributed by atoms with van der Waals surface area (Å²) in [5.41, 5.74) is 0.637. The summed E-state index contributed by atoms with van der Waals surface area (Å²) in [4.78, 5) is 21.9. The Morgan fingerprint density at radius 3 is 2.79 bits per heavy atom. The van der Waals surface area contributed by atoms with Crippen LogP contribution in [0.5, 0.6) is 0 Å². The highest BCUT2D eigenvalue weighted by atomic mass is 16.6. The van der Waals surface area contributed by atoms with Gasteiger partial charge in [-0.15, -0.1) is 11.8 Å². The van der Waals surface area contributed by atoms with Gasteiger partial charge in [0.05, 0.1) is 4.92 Å². The summed E-state index contributed by atoms with van der Waals surface area (Å²) in [6, 6.07) is 4.21. The highest BCUT2D eigenvalue weighted by Crippen LogP contribution is 2.25. The van der Waals surface area contributed by atoms with Crippen LogP contribution < -0.4 is 10.6 Å². The molecule has 0 aliphatic heterocycles. The maximum atomic E-state index is 11.5. The largest absolute Gasteiger partial charge is 0.379 e. The molecule has 0 atom stereocenters. The maximum Gasteiger partial charge on any atom is 0.292 e. The molecule has 2 N–H and O–H groups in total. The van der Waals surface area contributed by atoms with E-state index in [1.165, 1.54) is 25.2 Å². The minimum Gasteiger partial charge on any atom is -0.379 e. The van der Waals surface area contributed by atoms with Gasteiger partial charge in [-0.25, -0.2) is 0 Å². The van der Waals surface area contributed by atoms with E-state index >= 15 is 0 Å². The average Bonchev–Trinajstić information content (AvgIpc) is 2.42. The SMILES string of the molecule is CC#CCCNc1cc(C(=O)NC)ccc1[N+](=O)[O-]. The topological polar surface area (TPSA) is 84.3 Å². The number of nitrogens with zero attached hydrogens (tertiary/aromatic N) is 1. The smallest absolute Gasteiger partial charge is 0.292 e. The first-order valence-corrected chi connectivity index (χ1v) is 5.74. The zero-order valence-electron chi connectivity index (χ0n) is 10.8. The van der Waals surface area contributed by atoms with Crippen molar-refractivity contribution in [1.29, 1.82) is 0 Å². The molecule has 0 aliphatic rings. The Balaban J connectivity index is 2.97. The molecule has 0 heterocycles. The van der Waals surface area contributed by atoms with Crippen LogP contribution in [0.2, 0.25) is 0 Å². The summed E-state index contributed by atoms with van der Waals surface area (Å²) in [5, 5.41) is 16.3. The lowest BCUT2D eigenvalue weighted by Gasteiger charge is -2.07. The molecule has 0 saturated heterocycles.